The molecule has 3 N–H and O–H groups in total. The maximum absolute atomic E-state index is 12.1. The second kappa shape index (κ2) is 7.48. The highest BCUT2D eigenvalue weighted by atomic mass is 32.2. The molecule has 0 spiro atoms. The summed E-state index contributed by atoms with van der Waals surface area (Å²) < 4.78 is 31.2. The molecule has 0 amide bonds. The molecule has 1 aromatic carbocycles. The number of carbonyl (C=O) groups excluding carboxylic acids is 1. The second-order valence-corrected chi connectivity index (χ2v) is 6.62. The van der Waals surface area contributed by atoms with E-state index in [0.717, 1.165) is 5.56 Å². The molecule has 0 fully saturated rings. The molecule has 1 unspecified atom stereocenters. The van der Waals surface area contributed by atoms with Gasteiger partial charge in [-0.1, -0.05) is 24.4 Å². The quantitative estimate of drug-likeness (QED) is 0.565. The number of sulfonamides is 1. The van der Waals surface area contributed by atoms with Crippen LogP contribution in [-0.4, -0.2) is 32.0 Å². The smallest absolute Gasteiger partial charge is 0.323 e. The molecule has 0 aliphatic rings. The topological polar surface area (TPSA) is 98.5 Å². The lowest BCUT2D eigenvalue weighted by atomic mass is 10.1. The molecule has 0 radical (unpaired) electrons. The number of ether oxygens (including phenoxy) is 1. The van der Waals surface area contributed by atoms with Gasteiger partial charge in [0.05, 0.1) is 16.5 Å². The van der Waals surface area contributed by atoms with Crippen LogP contribution in [0.25, 0.3) is 0 Å². The summed E-state index contributed by atoms with van der Waals surface area (Å²) in [5, 5.41) is 0. The summed E-state index contributed by atoms with van der Waals surface area (Å²) in [7, 11) is -3.78. The highest BCUT2D eigenvalue weighted by Crippen LogP contribution is 2.12. The molecule has 21 heavy (non-hydrogen) atoms. The van der Waals surface area contributed by atoms with E-state index in [1.54, 1.807) is 19.1 Å². The summed E-state index contributed by atoms with van der Waals surface area (Å²) in [4.78, 5) is 11.8. The van der Waals surface area contributed by atoms with Crippen LogP contribution in [0.5, 0.6) is 0 Å². The Labute approximate surface area is 129 Å². The van der Waals surface area contributed by atoms with E-state index in [1.807, 2.05) is 0 Å². The van der Waals surface area contributed by atoms with E-state index in [0.29, 0.717) is 11.4 Å². The normalized spacial score (nSPS) is 12.7. The van der Waals surface area contributed by atoms with Crippen molar-refractivity contribution in [2.75, 3.05) is 6.61 Å². The summed E-state index contributed by atoms with van der Waals surface area (Å²) >= 11 is 4.79. The summed E-state index contributed by atoms with van der Waals surface area (Å²) in [6.45, 7) is 3.27. The number of nitrogens with two attached hydrogens (primary N) is 1. The van der Waals surface area contributed by atoms with Gasteiger partial charge in [0, 0.05) is 6.42 Å². The fraction of sp³-hybridized carbons (Fsp3) is 0.385. The number of hydrogen-bond acceptors (Lipinski definition) is 5. The number of benzene rings is 1. The Morgan fingerprint density at radius 1 is 1.38 bits per heavy atom. The average molecular weight is 330 g/mol. The highest BCUT2D eigenvalue weighted by molar-refractivity contribution is 7.89. The lowest BCUT2D eigenvalue weighted by Crippen LogP contribution is -2.39. The molecule has 0 aliphatic carbocycles. The predicted octanol–water partition coefficient (Wildman–Crippen LogP) is 0.745. The van der Waals surface area contributed by atoms with Crippen LogP contribution in [0.4, 0.5) is 0 Å². The molecule has 0 saturated heterocycles. The standard InChI is InChI=1S/C13H18N2O4S2/c1-3-19-13(16)9(2)15-21(17,18)11-6-4-10(5-7-11)8-12(14)20/h4-7,9,15H,3,8H2,1-2H3,(H2,14,20). The maximum atomic E-state index is 12.1. The molecular formula is C13H18N2O4S2. The number of hydrogen-bond donors (Lipinski definition) is 2. The molecule has 1 aromatic rings. The number of carbonyl (C=O) groups is 1. The van der Waals surface area contributed by atoms with E-state index in [-0.39, 0.29) is 11.5 Å². The van der Waals surface area contributed by atoms with Gasteiger partial charge in [-0.15, -0.1) is 0 Å². The predicted molar refractivity (Wildman–Crippen MR) is 83.3 cm³/mol. The third kappa shape index (κ3) is 5.41. The number of nitrogens with one attached hydrogen (secondary N) is 1. The van der Waals surface area contributed by atoms with E-state index in [2.05, 4.69) is 4.72 Å². The van der Waals surface area contributed by atoms with Crippen LogP contribution in [0.3, 0.4) is 0 Å². The number of esters is 1. The van der Waals surface area contributed by atoms with E-state index >= 15 is 0 Å². The Hall–Kier alpha value is -1.51. The minimum absolute atomic E-state index is 0.0605. The van der Waals surface area contributed by atoms with Crippen molar-refractivity contribution >= 4 is 33.2 Å². The third-order valence-electron chi connectivity index (χ3n) is 2.58. The first-order chi connectivity index (χ1) is 9.76. The Kier molecular flexibility index (Phi) is 6.25. The van der Waals surface area contributed by atoms with Crippen LogP contribution < -0.4 is 10.5 Å². The van der Waals surface area contributed by atoms with Crippen molar-refractivity contribution in [3.8, 4) is 0 Å². The van der Waals surface area contributed by atoms with Crippen LogP contribution in [0.15, 0.2) is 29.2 Å². The van der Waals surface area contributed by atoms with Crippen LogP contribution in [-0.2, 0) is 26.0 Å². The zero-order valence-electron chi connectivity index (χ0n) is 11.8. The SMILES string of the molecule is CCOC(=O)C(C)NS(=O)(=O)c1ccc(CC(N)=S)cc1. The van der Waals surface area contributed by atoms with Gasteiger partial charge in [-0.05, 0) is 31.5 Å². The number of rotatable bonds is 7. The van der Waals surface area contributed by atoms with Gasteiger partial charge in [0.2, 0.25) is 10.0 Å². The summed E-state index contributed by atoms with van der Waals surface area (Å²) in [5.41, 5.74) is 6.24. The van der Waals surface area contributed by atoms with Crippen molar-refractivity contribution in [3.05, 3.63) is 29.8 Å². The molecule has 116 valence electrons. The van der Waals surface area contributed by atoms with Crippen LogP contribution >= 0.6 is 12.2 Å². The molecule has 0 aromatic heterocycles. The molecule has 6 nitrogen and oxygen atoms in total. The van der Waals surface area contributed by atoms with E-state index in [1.165, 1.54) is 19.1 Å². The van der Waals surface area contributed by atoms with Crippen LogP contribution in [0.2, 0.25) is 0 Å². The third-order valence-corrected chi connectivity index (χ3v) is 4.29. The molecule has 0 bridgehead atoms. The largest absolute Gasteiger partial charge is 0.465 e. The molecule has 0 heterocycles. The van der Waals surface area contributed by atoms with Gasteiger partial charge in [0.25, 0.3) is 0 Å². The van der Waals surface area contributed by atoms with Gasteiger partial charge in [0.15, 0.2) is 0 Å². The Morgan fingerprint density at radius 2 is 1.95 bits per heavy atom. The first kappa shape index (κ1) is 17.5. The van der Waals surface area contributed by atoms with Gasteiger partial charge in [-0.2, -0.15) is 4.72 Å². The summed E-state index contributed by atoms with van der Waals surface area (Å²) in [6, 6.07) is 5.18. The zero-order chi connectivity index (χ0) is 16.0. The van der Waals surface area contributed by atoms with Gasteiger partial charge in [0.1, 0.15) is 6.04 Å². The minimum atomic E-state index is -3.78. The Balaban J connectivity index is 2.83. The molecule has 1 rings (SSSR count). The summed E-state index contributed by atoms with van der Waals surface area (Å²) in [5.74, 6) is -0.619. The van der Waals surface area contributed by atoms with Gasteiger partial charge in [-0.25, -0.2) is 8.42 Å². The van der Waals surface area contributed by atoms with E-state index in [9.17, 15) is 13.2 Å². The van der Waals surface area contributed by atoms with E-state index in [4.69, 9.17) is 22.7 Å². The molecular weight excluding hydrogens is 312 g/mol. The van der Waals surface area contributed by atoms with Crippen molar-refractivity contribution < 1.29 is 17.9 Å². The fourth-order valence-electron chi connectivity index (χ4n) is 1.60. The molecule has 1 atom stereocenters. The van der Waals surface area contributed by atoms with Gasteiger partial charge in [-0.3, -0.25) is 4.79 Å². The monoisotopic (exact) mass is 330 g/mol. The van der Waals surface area contributed by atoms with Crippen molar-refractivity contribution in [3.63, 3.8) is 0 Å². The van der Waals surface area contributed by atoms with Crippen molar-refractivity contribution in [1.82, 2.24) is 4.72 Å². The first-order valence-electron chi connectivity index (χ1n) is 6.32. The minimum Gasteiger partial charge on any atom is -0.465 e. The van der Waals surface area contributed by atoms with Crippen LogP contribution in [0.1, 0.15) is 19.4 Å². The molecule has 0 saturated carbocycles. The Bertz CT molecular complexity index is 612. The lowest BCUT2D eigenvalue weighted by Gasteiger charge is -2.13. The first-order valence-corrected chi connectivity index (χ1v) is 8.21. The van der Waals surface area contributed by atoms with E-state index < -0.39 is 22.0 Å². The fourth-order valence-corrected chi connectivity index (χ4v) is 2.96. The lowest BCUT2D eigenvalue weighted by molar-refractivity contribution is -0.144. The maximum Gasteiger partial charge on any atom is 0.323 e. The van der Waals surface area contributed by atoms with Crippen molar-refractivity contribution in [1.29, 1.82) is 0 Å². The van der Waals surface area contributed by atoms with Crippen molar-refractivity contribution in [2.45, 2.75) is 31.2 Å². The Morgan fingerprint density at radius 3 is 2.43 bits per heavy atom. The zero-order valence-corrected chi connectivity index (χ0v) is 13.5. The molecule has 0 aliphatic heterocycles. The second-order valence-electron chi connectivity index (χ2n) is 4.38. The summed E-state index contributed by atoms with van der Waals surface area (Å²) in [6.07, 6.45) is 0.405. The van der Waals surface area contributed by atoms with Crippen LogP contribution in [0, 0.1) is 0 Å². The number of thiocarbonyl (C=S) groups is 1. The van der Waals surface area contributed by atoms with Gasteiger partial charge < -0.3 is 10.5 Å². The molecule has 8 heteroatoms. The van der Waals surface area contributed by atoms with Gasteiger partial charge >= 0.3 is 5.97 Å². The average Bonchev–Trinajstić information content (AvgIpc) is 2.38. The van der Waals surface area contributed by atoms with Crippen molar-refractivity contribution in [2.24, 2.45) is 5.73 Å². The highest BCUT2D eigenvalue weighted by Gasteiger charge is 2.22.